The number of hydrogen-bond donors (Lipinski definition) is 2. The highest BCUT2D eigenvalue weighted by atomic mass is 19.4. The highest BCUT2D eigenvalue weighted by Gasteiger charge is 2.30. The van der Waals surface area contributed by atoms with E-state index in [1.165, 1.54) is 19.2 Å². The topological polar surface area (TPSA) is 41.5 Å². The van der Waals surface area contributed by atoms with Crippen LogP contribution in [0.5, 0.6) is 5.75 Å². The van der Waals surface area contributed by atoms with E-state index in [2.05, 4.69) is 5.32 Å². The molecule has 6 heteroatoms. The molecule has 0 bridgehead atoms. The monoisotopic (exact) mass is 427 g/mol. The highest BCUT2D eigenvalue weighted by Crippen LogP contribution is 2.33. The molecule has 0 atom stereocenters. The van der Waals surface area contributed by atoms with Crippen molar-refractivity contribution in [3.63, 3.8) is 0 Å². The van der Waals surface area contributed by atoms with E-state index in [9.17, 15) is 18.3 Å². The van der Waals surface area contributed by atoms with Crippen molar-refractivity contribution in [2.24, 2.45) is 0 Å². The van der Waals surface area contributed by atoms with Gasteiger partial charge in [0.25, 0.3) is 0 Å². The van der Waals surface area contributed by atoms with Crippen LogP contribution in [-0.4, -0.2) is 12.2 Å². The average Bonchev–Trinajstić information content (AvgIpc) is 2.75. The maximum atomic E-state index is 13.0. The Morgan fingerprint density at radius 3 is 2.32 bits per heavy atom. The summed E-state index contributed by atoms with van der Waals surface area (Å²) in [6.45, 7) is 3.80. The molecule has 0 saturated carbocycles. The normalized spacial score (nSPS) is 12.0. The molecule has 0 aliphatic carbocycles. The van der Waals surface area contributed by atoms with Crippen molar-refractivity contribution in [1.82, 2.24) is 0 Å². The van der Waals surface area contributed by atoms with Crippen molar-refractivity contribution in [3.05, 3.63) is 100 Å². The quantitative estimate of drug-likeness (QED) is 0.483. The molecule has 0 aliphatic rings. The van der Waals surface area contributed by atoms with Gasteiger partial charge in [-0.25, -0.2) is 0 Å². The van der Waals surface area contributed by atoms with E-state index in [0.29, 0.717) is 16.9 Å². The molecular weight excluding hydrogens is 403 g/mol. The van der Waals surface area contributed by atoms with Crippen LogP contribution in [0.25, 0.3) is 5.57 Å². The molecule has 3 nitrogen and oxygen atoms in total. The van der Waals surface area contributed by atoms with Crippen molar-refractivity contribution in [2.75, 3.05) is 12.4 Å². The number of benzene rings is 3. The summed E-state index contributed by atoms with van der Waals surface area (Å²) < 4.78 is 44.3. The van der Waals surface area contributed by atoms with Gasteiger partial charge in [-0.2, -0.15) is 13.2 Å². The minimum Gasteiger partial charge on any atom is -0.496 e. The molecule has 0 aromatic heterocycles. The average molecular weight is 427 g/mol. The molecule has 3 aromatic rings. The lowest BCUT2D eigenvalue weighted by atomic mass is 9.93. The predicted octanol–water partition coefficient (Wildman–Crippen LogP) is 6.32. The number of alkyl halides is 3. The zero-order valence-corrected chi connectivity index (χ0v) is 17.5. The third kappa shape index (κ3) is 5.27. The van der Waals surface area contributed by atoms with Gasteiger partial charge in [0, 0.05) is 29.1 Å². The van der Waals surface area contributed by atoms with Crippen molar-refractivity contribution >= 4 is 11.3 Å². The number of aliphatic hydroxyl groups excluding tert-OH is 1. The van der Waals surface area contributed by atoms with Crippen molar-refractivity contribution in [2.45, 2.75) is 26.6 Å². The van der Waals surface area contributed by atoms with Gasteiger partial charge in [0.15, 0.2) is 0 Å². The molecule has 0 radical (unpaired) electrons. The molecule has 3 rings (SSSR count). The van der Waals surface area contributed by atoms with Gasteiger partial charge in [-0.3, -0.25) is 0 Å². The number of halogens is 3. The Balaban J connectivity index is 2.05. The number of rotatable bonds is 6. The Morgan fingerprint density at radius 1 is 1.00 bits per heavy atom. The molecule has 0 heterocycles. The lowest BCUT2D eigenvalue weighted by Gasteiger charge is -2.15. The molecule has 0 spiro atoms. The van der Waals surface area contributed by atoms with Crippen LogP contribution in [0.15, 0.2) is 66.9 Å². The number of ether oxygens (including phenoxy) is 1. The largest absolute Gasteiger partial charge is 0.496 e. The minimum absolute atomic E-state index is 0.140. The van der Waals surface area contributed by atoms with Gasteiger partial charge < -0.3 is 15.2 Å². The molecule has 3 aromatic carbocycles. The molecular formula is C25H24F3NO2. The first kappa shape index (κ1) is 22.4. The second-order valence-electron chi connectivity index (χ2n) is 7.28. The fourth-order valence-corrected chi connectivity index (χ4v) is 3.30. The van der Waals surface area contributed by atoms with Gasteiger partial charge in [0.05, 0.1) is 19.3 Å². The van der Waals surface area contributed by atoms with E-state index in [4.69, 9.17) is 4.74 Å². The van der Waals surface area contributed by atoms with E-state index < -0.39 is 11.7 Å². The van der Waals surface area contributed by atoms with Gasteiger partial charge in [0.1, 0.15) is 5.75 Å². The van der Waals surface area contributed by atoms with E-state index >= 15 is 0 Å². The van der Waals surface area contributed by atoms with Gasteiger partial charge in [-0.15, -0.1) is 0 Å². The van der Waals surface area contributed by atoms with E-state index in [-0.39, 0.29) is 6.61 Å². The lowest BCUT2D eigenvalue weighted by molar-refractivity contribution is -0.137. The summed E-state index contributed by atoms with van der Waals surface area (Å²) in [6, 6.07) is 16.5. The molecule has 2 N–H and O–H groups in total. The van der Waals surface area contributed by atoms with Crippen LogP contribution in [0.4, 0.5) is 18.9 Å². The second-order valence-corrected chi connectivity index (χ2v) is 7.28. The Kier molecular flexibility index (Phi) is 6.71. The first-order chi connectivity index (χ1) is 14.7. The van der Waals surface area contributed by atoms with E-state index in [1.54, 1.807) is 24.4 Å². The number of aryl methyl sites for hydroxylation is 2. The van der Waals surface area contributed by atoms with Gasteiger partial charge in [0.2, 0.25) is 0 Å². The van der Waals surface area contributed by atoms with Crippen molar-refractivity contribution in [1.29, 1.82) is 0 Å². The smallest absolute Gasteiger partial charge is 0.416 e. The summed E-state index contributed by atoms with van der Waals surface area (Å²) in [5, 5.41) is 12.6. The van der Waals surface area contributed by atoms with Crippen molar-refractivity contribution < 1.29 is 23.0 Å². The van der Waals surface area contributed by atoms with Crippen LogP contribution >= 0.6 is 0 Å². The number of hydrogen-bond acceptors (Lipinski definition) is 3. The molecule has 0 saturated heterocycles. The third-order valence-electron chi connectivity index (χ3n) is 5.05. The molecule has 162 valence electrons. The zero-order valence-electron chi connectivity index (χ0n) is 17.5. The van der Waals surface area contributed by atoms with Gasteiger partial charge in [-0.1, -0.05) is 42.0 Å². The number of aliphatic hydroxyl groups is 1. The first-order valence-corrected chi connectivity index (χ1v) is 9.72. The fourth-order valence-electron chi connectivity index (χ4n) is 3.30. The van der Waals surface area contributed by atoms with Gasteiger partial charge in [-0.05, 0) is 48.7 Å². The third-order valence-corrected chi connectivity index (χ3v) is 5.05. The fraction of sp³-hybridized carbons (Fsp3) is 0.200. The highest BCUT2D eigenvalue weighted by molar-refractivity contribution is 5.83. The number of methoxy groups -OCH3 is 1. The SMILES string of the molecule is COc1cc(N/C=C(/c2ccc(C(F)(F)F)cc2)c2cc(C)ccc2C)ccc1CO. The number of nitrogens with one attached hydrogen (secondary N) is 1. The minimum atomic E-state index is -4.38. The van der Waals surface area contributed by atoms with E-state index in [0.717, 1.165) is 40.1 Å². The Morgan fingerprint density at radius 2 is 1.71 bits per heavy atom. The maximum Gasteiger partial charge on any atom is 0.416 e. The van der Waals surface area contributed by atoms with Crippen LogP contribution < -0.4 is 10.1 Å². The summed E-state index contributed by atoms with van der Waals surface area (Å²) in [7, 11) is 1.53. The summed E-state index contributed by atoms with van der Waals surface area (Å²) in [5.74, 6) is 0.545. The maximum absolute atomic E-state index is 13.0. The van der Waals surface area contributed by atoms with Gasteiger partial charge >= 0.3 is 6.18 Å². The second kappa shape index (κ2) is 9.27. The Hall–Kier alpha value is -3.25. The zero-order chi connectivity index (χ0) is 22.6. The molecule has 0 unspecified atom stereocenters. The molecule has 0 aliphatic heterocycles. The number of anilines is 1. The predicted molar refractivity (Wildman–Crippen MR) is 117 cm³/mol. The lowest BCUT2D eigenvalue weighted by Crippen LogP contribution is -2.05. The Bertz CT molecular complexity index is 1090. The summed E-state index contributed by atoms with van der Waals surface area (Å²) in [6.07, 6.45) is -2.61. The summed E-state index contributed by atoms with van der Waals surface area (Å²) in [4.78, 5) is 0. The molecule has 0 fully saturated rings. The Labute approximate surface area is 179 Å². The van der Waals surface area contributed by atoms with Crippen LogP contribution in [0.3, 0.4) is 0 Å². The molecule has 31 heavy (non-hydrogen) atoms. The molecule has 0 amide bonds. The van der Waals surface area contributed by atoms with E-state index in [1.807, 2.05) is 32.0 Å². The van der Waals surface area contributed by atoms with Crippen LogP contribution in [-0.2, 0) is 12.8 Å². The van der Waals surface area contributed by atoms with Crippen molar-refractivity contribution in [3.8, 4) is 5.75 Å². The first-order valence-electron chi connectivity index (χ1n) is 9.72. The van der Waals surface area contributed by atoms with Crippen LogP contribution in [0.1, 0.15) is 33.4 Å². The van der Waals surface area contributed by atoms with Crippen LogP contribution in [0, 0.1) is 13.8 Å². The summed E-state index contributed by atoms with van der Waals surface area (Å²) >= 11 is 0. The standard InChI is InChI=1S/C25H24F3NO2/c1-16-4-5-17(2)22(12-16)23(18-6-9-20(10-7-18)25(26,27)28)14-29-21-11-8-19(15-30)24(13-21)31-3/h4-14,29-30H,15H2,1-3H3/b23-14-. The van der Waals surface area contributed by atoms with Crippen LogP contribution in [0.2, 0.25) is 0 Å². The summed E-state index contributed by atoms with van der Waals surface area (Å²) in [5.41, 5.74) is 5.10.